The van der Waals surface area contributed by atoms with Crippen molar-refractivity contribution in [1.29, 1.82) is 0 Å². The van der Waals surface area contributed by atoms with Crippen molar-refractivity contribution in [3.63, 3.8) is 0 Å². The monoisotopic (exact) mass is 242 g/mol. The number of hydrogen-bond acceptors (Lipinski definition) is 3. The van der Waals surface area contributed by atoms with Crippen LogP contribution in [-0.2, 0) is 9.59 Å². The number of carboxylic acids is 1. The molecule has 5 heteroatoms. The van der Waals surface area contributed by atoms with E-state index in [1.807, 2.05) is 13.8 Å². The van der Waals surface area contributed by atoms with Gasteiger partial charge < -0.3 is 15.7 Å². The van der Waals surface area contributed by atoms with Crippen molar-refractivity contribution in [2.75, 3.05) is 13.1 Å². The molecular weight excluding hydrogens is 220 g/mol. The summed E-state index contributed by atoms with van der Waals surface area (Å²) in [6.45, 7) is 5.36. The Morgan fingerprint density at radius 3 is 2.71 bits per heavy atom. The Balaban J connectivity index is 2.53. The van der Waals surface area contributed by atoms with Gasteiger partial charge in [-0.15, -0.1) is 0 Å². The summed E-state index contributed by atoms with van der Waals surface area (Å²) in [6.07, 6.45) is 2.55. The summed E-state index contributed by atoms with van der Waals surface area (Å²) < 4.78 is 0. The second-order valence-corrected chi connectivity index (χ2v) is 4.75. The predicted molar refractivity (Wildman–Crippen MR) is 64.6 cm³/mol. The zero-order valence-corrected chi connectivity index (χ0v) is 10.5. The zero-order chi connectivity index (χ0) is 12.8. The molecule has 3 atom stereocenters. The van der Waals surface area contributed by atoms with Crippen LogP contribution in [0, 0.1) is 11.8 Å². The van der Waals surface area contributed by atoms with Crippen LogP contribution in [0.2, 0.25) is 0 Å². The normalized spacial score (nSPS) is 23.8. The van der Waals surface area contributed by atoms with Gasteiger partial charge in [0.05, 0.1) is 5.92 Å². The highest BCUT2D eigenvalue weighted by atomic mass is 16.4. The molecule has 0 aromatic carbocycles. The van der Waals surface area contributed by atoms with Crippen LogP contribution in [0.1, 0.15) is 33.1 Å². The predicted octanol–water partition coefficient (Wildman–Crippen LogP) is 0.602. The average molecular weight is 242 g/mol. The lowest BCUT2D eigenvalue weighted by molar-refractivity contribution is -0.144. The quantitative estimate of drug-likeness (QED) is 0.659. The van der Waals surface area contributed by atoms with E-state index >= 15 is 0 Å². The van der Waals surface area contributed by atoms with Crippen molar-refractivity contribution in [3.05, 3.63) is 0 Å². The molecule has 0 aromatic rings. The van der Waals surface area contributed by atoms with E-state index in [0.717, 1.165) is 25.8 Å². The summed E-state index contributed by atoms with van der Waals surface area (Å²) in [5, 5.41) is 14.9. The zero-order valence-electron chi connectivity index (χ0n) is 10.5. The smallest absolute Gasteiger partial charge is 0.326 e. The standard InChI is InChI=1S/C12H22N2O3/c1-3-8(2)10(12(16)17)14-11(15)9-5-4-6-13-7-9/h8-10,13H,3-7H2,1-2H3,(H,14,15)(H,16,17)/t8-,9?,10-/m0/s1. The summed E-state index contributed by atoms with van der Waals surface area (Å²) in [5.74, 6) is -1.22. The number of piperidine rings is 1. The number of aliphatic carboxylic acids is 1. The maximum atomic E-state index is 11.9. The fourth-order valence-electron chi connectivity index (χ4n) is 2.03. The number of hydrogen-bond donors (Lipinski definition) is 3. The third kappa shape index (κ3) is 4.00. The highest BCUT2D eigenvalue weighted by molar-refractivity contribution is 5.85. The fourth-order valence-corrected chi connectivity index (χ4v) is 2.03. The Hall–Kier alpha value is -1.10. The SMILES string of the molecule is CC[C@H](C)[C@H](NC(=O)C1CCCNC1)C(=O)O. The van der Waals surface area contributed by atoms with E-state index in [-0.39, 0.29) is 17.7 Å². The molecule has 0 aliphatic carbocycles. The third-order valence-electron chi connectivity index (χ3n) is 3.44. The van der Waals surface area contributed by atoms with Crippen molar-refractivity contribution in [3.8, 4) is 0 Å². The second-order valence-electron chi connectivity index (χ2n) is 4.75. The Labute approximate surface area is 102 Å². The largest absolute Gasteiger partial charge is 0.480 e. The first-order valence-corrected chi connectivity index (χ1v) is 6.30. The second kappa shape index (κ2) is 6.59. The molecule has 1 amide bonds. The summed E-state index contributed by atoms with van der Waals surface area (Å²) in [6, 6.07) is -0.769. The van der Waals surface area contributed by atoms with E-state index in [1.165, 1.54) is 0 Å². The molecule has 1 saturated heterocycles. The molecule has 1 unspecified atom stereocenters. The topological polar surface area (TPSA) is 78.4 Å². The van der Waals surface area contributed by atoms with E-state index in [4.69, 9.17) is 5.11 Å². The van der Waals surface area contributed by atoms with Crippen molar-refractivity contribution in [2.24, 2.45) is 11.8 Å². The summed E-state index contributed by atoms with van der Waals surface area (Å²) >= 11 is 0. The minimum atomic E-state index is -0.948. The molecule has 1 fully saturated rings. The van der Waals surface area contributed by atoms with Crippen LogP contribution in [0.5, 0.6) is 0 Å². The molecular formula is C12H22N2O3. The van der Waals surface area contributed by atoms with Gasteiger partial charge in [-0.05, 0) is 25.3 Å². The van der Waals surface area contributed by atoms with Gasteiger partial charge in [0.25, 0.3) is 0 Å². The molecule has 0 bridgehead atoms. The van der Waals surface area contributed by atoms with Gasteiger partial charge >= 0.3 is 5.97 Å². The summed E-state index contributed by atoms with van der Waals surface area (Å²) in [4.78, 5) is 23.0. The number of nitrogens with one attached hydrogen (secondary N) is 2. The van der Waals surface area contributed by atoms with Crippen LogP contribution in [0.25, 0.3) is 0 Å². The molecule has 0 saturated carbocycles. The van der Waals surface area contributed by atoms with Crippen LogP contribution in [0.4, 0.5) is 0 Å². The summed E-state index contributed by atoms with van der Waals surface area (Å²) in [5.41, 5.74) is 0. The maximum absolute atomic E-state index is 11.9. The van der Waals surface area contributed by atoms with Gasteiger partial charge in [-0.25, -0.2) is 4.79 Å². The van der Waals surface area contributed by atoms with Crippen LogP contribution >= 0.6 is 0 Å². The van der Waals surface area contributed by atoms with Crippen molar-refractivity contribution < 1.29 is 14.7 Å². The van der Waals surface area contributed by atoms with Crippen LogP contribution in [0.15, 0.2) is 0 Å². The minimum absolute atomic E-state index is 0.0481. The van der Waals surface area contributed by atoms with E-state index in [1.54, 1.807) is 0 Å². The Morgan fingerprint density at radius 2 is 2.24 bits per heavy atom. The van der Waals surface area contributed by atoms with Crippen LogP contribution in [-0.4, -0.2) is 36.1 Å². The van der Waals surface area contributed by atoms with Gasteiger partial charge in [-0.1, -0.05) is 20.3 Å². The van der Waals surface area contributed by atoms with E-state index < -0.39 is 12.0 Å². The van der Waals surface area contributed by atoms with Gasteiger partial charge in [0.1, 0.15) is 6.04 Å². The van der Waals surface area contributed by atoms with Gasteiger partial charge in [-0.3, -0.25) is 4.79 Å². The van der Waals surface area contributed by atoms with Crippen molar-refractivity contribution in [2.45, 2.75) is 39.2 Å². The van der Waals surface area contributed by atoms with Crippen molar-refractivity contribution in [1.82, 2.24) is 10.6 Å². The number of carbonyl (C=O) groups is 2. The van der Waals surface area contributed by atoms with Crippen molar-refractivity contribution >= 4 is 11.9 Å². The lowest BCUT2D eigenvalue weighted by Gasteiger charge is -2.26. The highest BCUT2D eigenvalue weighted by Crippen LogP contribution is 2.13. The molecule has 3 N–H and O–H groups in total. The first-order chi connectivity index (χ1) is 8.06. The minimum Gasteiger partial charge on any atom is -0.480 e. The fraction of sp³-hybridized carbons (Fsp3) is 0.833. The molecule has 1 heterocycles. The van der Waals surface area contributed by atoms with Gasteiger partial charge in [-0.2, -0.15) is 0 Å². The van der Waals surface area contributed by atoms with Gasteiger partial charge in [0, 0.05) is 6.54 Å². The van der Waals surface area contributed by atoms with E-state index in [2.05, 4.69) is 10.6 Å². The van der Waals surface area contributed by atoms with E-state index in [9.17, 15) is 9.59 Å². The first kappa shape index (κ1) is 14.0. The number of rotatable bonds is 5. The van der Waals surface area contributed by atoms with Gasteiger partial charge in [0.15, 0.2) is 0 Å². The summed E-state index contributed by atoms with van der Waals surface area (Å²) in [7, 11) is 0. The molecule has 1 rings (SSSR count). The lowest BCUT2D eigenvalue weighted by atomic mass is 9.95. The molecule has 0 radical (unpaired) electrons. The first-order valence-electron chi connectivity index (χ1n) is 6.30. The number of amides is 1. The molecule has 1 aliphatic rings. The molecule has 98 valence electrons. The Morgan fingerprint density at radius 1 is 1.53 bits per heavy atom. The lowest BCUT2D eigenvalue weighted by Crippen LogP contribution is -2.49. The van der Waals surface area contributed by atoms with E-state index in [0.29, 0.717) is 6.54 Å². The Bertz CT molecular complexity index is 275. The molecule has 17 heavy (non-hydrogen) atoms. The van der Waals surface area contributed by atoms with Gasteiger partial charge in [0.2, 0.25) is 5.91 Å². The molecule has 1 aliphatic heterocycles. The highest BCUT2D eigenvalue weighted by Gasteiger charge is 2.29. The Kier molecular flexibility index (Phi) is 5.41. The average Bonchev–Trinajstić information content (AvgIpc) is 2.35. The van der Waals surface area contributed by atoms with Crippen LogP contribution in [0.3, 0.4) is 0 Å². The molecule has 5 nitrogen and oxygen atoms in total. The molecule has 0 aromatic heterocycles. The third-order valence-corrected chi connectivity index (χ3v) is 3.44. The van der Waals surface area contributed by atoms with Crippen LogP contribution < -0.4 is 10.6 Å². The maximum Gasteiger partial charge on any atom is 0.326 e. The number of carbonyl (C=O) groups excluding carboxylic acids is 1. The molecule has 0 spiro atoms. The number of carboxylic acid groups (broad SMARTS) is 1.